The van der Waals surface area contributed by atoms with E-state index in [1.807, 2.05) is 47.8 Å². The van der Waals surface area contributed by atoms with Crippen LogP contribution in [0.15, 0.2) is 66.2 Å². The van der Waals surface area contributed by atoms with Crippen molar-refractivity contribution in [3.63, 3.8) is 0 Å². The van der Waals surface area contributed by atoms with Crippen molar-refractivity contribution in [1.29, 1.82) is 0 Å². The molecular weight excluding hydrogens is 470 g/mol. The number of benzene rings is 2. The second kappa shape index (κ2) is 10.7. The molecule has 1 amide bonds. The van der Waals surface area contributed by atoms with Crippen molar-refractivity contribution in [1.82, 2.24) is 9.78 Å². The summed E-state index contributed by atoms with van der Waals surface area (Å²) in [4.78, 5) is 26.3. The van der Waals surface area contributed by atoms with Crippen molar-refractivity contribution in [2.75, 3.05) is 33.3 Å². The summed E-state index contributed by atoms with van der Waals surface area (Å²) >= 11 is 1.46. The second-order valence-corrected chi connectivity index (χ2v) is 8.13. The van der Waals surface area contributed by atoms with Gasteiger partial charge in [-0.3, -0.25) is 4.79 Å². The van der Waals surface area contributed by atoms with Gasteiger partial charge in [-0.1, -0.05) is 24.3 Å². The van der Waals surface area contributed by atoms with E-state index >= 15 is 0 Å². The average molecular weight is 494 g/mol. The lowest BCUT2D eigenvalue weighted by Gasteiger charge is -2.14. The first kappa shape index (κ1) is 23.8. The molecule has 0 fully saturated rings. The van der Waals surface area contributed by atoms with E-state index in [4.69, 9.17) is 18.9 Å². The molecule has 35 heavy (non-hydrogen) atoms. The summed E-state index contributed by atoms with van der Waals surface area (Å²) < 4.78 is 22.8. The smallest absolute Gasteiger partial charge is 0.342 e. The minimum Gasteiger partial charge on any atom is -0.493 e. The molecule has 0 aliphatic heterocycles. The molecular formula is C25H23N3O6S. The molecule has 180 valence electrons. The zero-order valence-corrected chi connectivity index (χ0v) is 20.1. The average Bonchev–Trinajstić information content (AvgIpc) is 3.57. The molecule has 10 heteroatoms. The first-order chi connectivity index (χ1) is 17.0. The number of aromatic nitrogens is 2. The van der Waals surface area contributed by atoms with Gasteiger partial charge in [0.15, 0.2) is 18.1 Å². The minimum absolute atomic E-state index is 0.261. The maximum atomic E-state index is 12.9. The summed E-state index contributed by atoms with van der Waals surface area (Å²) in [5.74, 6) is -0.0200. The fourth-order valence-corrected chi connectivity index (χ4v) is 4.11. The number of carbonyl (C=O) groups excluding carboxylic acids is 2. The number of rotatable bonds is 9. The van der Waals surface area contributed by atoms with E-state index in [9.17, 15) is 9.59 Å². The normalized spacial score (nSPS) is 10.5. The molecule has 4 aromatic rings. The van der Waals surface area contributed by atoms with Gasteiger partial charge in [-0.2, -0.15) is 5.10 Å². The van der Waals surface area contributed by atoms with Crippen LogP contribution in [0.4, 0.5) is 5.69 Å². The van der Waals surface area contributed by atoms with Crippen molar-refractivity contribution >= 4 is 28.9 Å². The van der Waals surface area contributed by atoms with Gasteiger partial charge in [0.25, 0.3) is 5.91 Å². The van der Waals surface area contributed by atoms with Crippen molar-refractivity contribution in [2.45, 2.75) is 0 Å². The molecule has 2 aromatic carbocycles. The standard InChI is InChI=1S/C25H23N3O6S/c1-31-19-12-16(13-20(32-2)24(19)33-3)26-22(29)15-34-25(30)18-14-28(17-8-5-4-6-9-17)27-23(18)21-10-7-11-35-21/h4-14H,15H2,1-3H3,(H,26,29). The number of nitrogens with zero attached hydrogens (tertiary/aromatic N) is 2. The number of hydrogen-bond donors (Lipinski definition) is 1. The molecule has 2 heterocycles. The third-order valence-electron chi connectivity index (χ3n) is 4.99. The molecule has 2 aromatic heterocycles. The molecule has 0 atom stereocenters. The highest BCUT2D eigenvalue weighted by atomic mass is 32.1. The second-order valence-electron chi connectivity index (χ2n) is 7.19. The molecule has 0 unspecified atom stereocenters. The zero-order valence-electron chi connectivity index (χ0n) is 19.3. The van der Waals surface area contributed by atoms with Crippen LogP contribution in [-0.4, -0.2) is 49.6 Å². The van der Waals surface area contributed by atoms with Gasteiger partial charge in [-0.15, -0.1) is 11.3 Å². The first-order valence-electron chi connectivity index (χ1n) is 10.5. The number of hydrogen-bond acceptors (Lipinski definition) is 8. The van der Waals surface area contributed by atoms with Gasteiger partial charge >= 0.3 is 5.97 Å². The fraction of sp³-hybridized carbons (Fsp3) is 0.160. The number of ether oxygens (including phenoxy) is 4. The predicted molar refractivity (Wildman–Crippen MR) is 132 cm³/mol. The lowest BCUT2D eigenvalue weighted by atomic mass is 10.2. The van der Waals surface area contributed by atoms with Gasteiger partial charge in [0.1, 0.15) is 11.3 Å². The van der Waals surface area contributed by atoms with Crippen LogP contribution in [0, 0.1) is 0 Å². The van der Waals surface area contributed by atoms with E-state index in [0.29, 0.717) is 28.6 Å². The quantitative estimate of drug-likeness (QED) is 0.345. The van der Waals surface area contributed by atoms with Crippen molar-refractivity contribution in [3.05, 3.63) is 71.7 Å². The third kappa shape index (κ3) is 5.28. The van der Waals surface area contributed by atoms with Crippen LogP contribution in [0.2, 0.25) is 0 Å². The summed E-state index contributed by atoms with van der Waals surface area (Å²) in [6, 6.07) is 16.3. The maximum absolute atomic E-state index is 12.9. The van der Waals surface area contributed by atoms with Crippen molar-refractivity contribution < 1.29 is 28.5 Å². The Bertz CT molecular complexity index is 1290. The highest BCUT2D eigenvalue weighted by Gasteiger charge is 2.22. The van der Waals surface area contributed by atoms with Crippen LogP contribution < -0.4 is 19.5 Å². The Balaban J connectivity index is 1.50. The predicted octanol–water partition coefficient (Wildman–Crippen LogP) is 4.42. The van der Waals surface area contributed by atoms with Gasteiger partial charge in [0.2, 0.25) is 5.75 Å². The first-order valence-corrected chi connectivity index (χ1v) is 11.4. The van der Waals surface area contributed by atoms with Crippen molar-refractivity contribution in [3.8, 4) is 33.5 Å². The molecule has 1 N–H and O–H groups in total. The van der Waals surface area contributed by atoms with Crippen LogP contribution >= 0.6 is 11.3 Å². The summed E-state index contributed by atoms with van der Waals surface area (Å²) in [5.41, 5.74) is 1.94. The van der Waals surface area contributed by atoms with Gasteiger partial charge in [0.05, 0.1) is 31.9 Å². The fourth-order valence-electron chi connectivity index (χ4n) is 3.39. The summed E-state index contributed by atoms with van der Waals surface area (Å²) in [6.45, 7) is -0.490. The number of nitrogens with one attached hydrogen (secondary N) is 1. The molecule has 0 aliphatic rings. The minimum atomic E-state index is -0.657. The Morgan fingerprint density at radius 3 is 2.29 bits per heavy atom. The van der Waals surface area contributed by atoms with E-state index in [2.05, 4.69) is 10.4 Å². The van der Waals surface area contributed by atoms with Crippen LogP contribution in [0.25, 0.3) is 16.3 Å². The number of methoxy groups -OCH3 is 3. The number of esters is 1. The highest BCUT2D eigenvalue weighted by molar-refractivity contribution is 7.13. The summed E-state index contributed by atoms with van der Waals surface area (Å²) in [6.07, 6.45) is 1.60. The Hall–Kier alpha value is -4.31. The Morgan fingerprint density at radius 1 is 0.971 bits per heavy atom. The number of thiophene rings is 1. The van der Waals surface area contributed by atoms with Crippen LogP contribution in [0.1, 0.15) is 10.4 Å². The summed E-state index contributed by atoms with van der Waals surface area (Å²) in [7, 11) is 4.44. The van der Waals surface area contributed by atoms with Crippen LogP contribution in [-0.2, 0) is 9.53 Å². The monoisotopic (exact) mass is 493 g/mol. The lowest BCUT2D eigenvalue weighted by molar-refractivity contribution is -0.119. The third-order valence-corrected chi connectivity index (χ3v) is 5.87. The topological polar surface area (TPSA) is 101 Å². The van der Waals surface area contributed by atoms with Crippen molar-refractivity contribution in [2.24, 2.45) is 0 Å². The maximum Gasteiger partial charge on any atom is 0.342 e. The number of anilines is 1. The SMILES string of the molecule is COc1cc(NC(=O)COC(=O)c2cn(-c3ccccc3)nc2-c2cccs2)cc(OC)c1OC. The lowest BCUT2D eigenvalue weighted by Crippen LogP contribution is -2.21. The Labute approximate surface area is 205 Å². The van der Waals surface area contributed by atoms with Crippen LogP contribution in [0.3, 0.4) is 0 Å². The van der Waals surface area contributed by atoms with Gasteiger partial charge in [-0.05, 0) is 23.6 Å². The number of amides is 1. The summed E-state index contributed by atoms with van der Waals surface area (Å²) in [5, 5.41) is 9.15. The Kier molecular flexibility index (Phi) is 7.32. The molecule has 0 saturated carbocycles. The number of carbonyl (C=O) groups is 2. The van der Waals surface area contributed by atoms with E-state index in [1.165, 1.54) is 32.7 Å². The molecule has 0 bridgehead atoms. The van der Waals surface area contributed by atoms with E-state index in [0.717, 1.165) is 10.6 Å². The molecule has 0 saturated heterocycles. The highest BCUT2D eigenvalue weighted by Crippen LogP contribution is 2.40. The Morgan fingerprint density at radius 2 is 1.69 bits per heavy atom. The largest absolute Gasteiger partial charge is 0.493 e. The van der Waals surface area contributed by atoms with E-state index < -0.39 is 18.5 Å². The van der Waals surface area contributed by atoms with E-state index in [1.54, 1.807) is 23.0 Å². The molecule has 0 spiro atoms. The van der Waals surface area contributed by atoms with Gasteiger partial charge in [0, 0.05) is 24.0 Å². The molecule has 0 radical (unpaired) electrons. The van der Waals surface area contributed by atoms with E-state index in [-0.39, 0.29) is 5.56 Å². The van der Waals surface area contributed by atoms with Gasteiger partial charge < -0.3 is 24.3 Å². The number of para-hydroxylation sites is 1. The van der Waals surface area contributed by atoms with Crippen LogP contribution in [0.5, 0.6) is 17.2 Å². The molecule has 9 nitrogen and oxygen atoms in total. The van der Waals surface area contributed by atoms with Gasteiger partial charge in [-0.25, -0.2) is 9.48 Å². The molecule has 0 aliphatic carbocycles. The molecule has 4 rings (SSSR count). The zero-order chi connectivity index (χ0) is 24.8.